The number of aryl methyl sites for hydroxylation is 1. The topological polar surface area (TPSA) is 93.2 Å². The fourth-order valence-corrected chi connectivity index (χ4v) is 4.49. The summed E-state index contributed by atoms with van der Waals surface area (Å²) in [6, 6.07) is 19.9. The number of hydrogen-bond acceptors (Lipinski definition) is 7. The molecule has 2 aromatic carbocycles. The van der Waals surface area contributed by atoms with E-state index in [1.807, 2.05) is 37.3 Å². The summed E-state index contributed by atoms with van der Waals surface area (Å²) >= 11 is 1.47. The van der Waals surface area contributed by atoms with Gasteiger partial charge in [-0.3, -0.25) is 0 Å². The van der Waals surface area contributed by atoms with E-state index in [9.17, 15) is 8.42 Å². The summed E-state index contributed by atoms with van der Waals surface area (Å²) < 4.78 is 32.5. The Labute approximate surface area is 184 Å². The molecule has 0 atom stereocenters. The van der Waals surface area contributed by atoms with Crippen LogP contribution in [0.25, 0.3) is 11.3 Å². The smallest absolute Gasteiger partial charge is 0.240 e. The molecule has 0 saturated heterocycles. The van der Waals surface area contributed by atoms with Crippen molar-refractivity contribution in [2.45, 2.75) is 11.8 Å². The highest BCUT2D eigenvalue weighted by molar-refractivity contribution is 7.89. The molecule has 0 aliphatic heterocycles. The lowest BCUT2D eigenvalue weighted by atomic mass is 10.2. The van der Waals surface area contributed by atoms with Crippen molar-refractivity contribution in [2.75, 3.05) is 12.4 Å². The predicted molar refractivity (Wildman–Crippen MR) is 123 cm³/mol. The van der Waals surface area contributed by atoms with E-state index in [1.54, 1.807) is 36.5 Å². The van der Waals surface area contributed by atoms with E-state index < -0.39 is 10.0 Å². The number of rotatable bonds is 7. The lowest BCUT2D eigenvalue weighted by molar-refractivity contribution is 0.496. The van der Waals surface area contributed by atoms with Gasteiger partial charge in [-0.1, -0.05) is 47.7 Å². The van der Waals surface area contributed by atoms with Gasteiger partial charge in [0.2, 0.25) is 15.1 Å². The van der Waals surface area contributed by atoms with Crippen molar-refractivity contribution < 1.29 is 13.2 Å². The molecule has 0 saturated carbocycles. The molecular formula is C22H20N4O3S2. The number of anilines is 2. The number of ether oxygens (including phenoxy) is 1. The summed E-state index contributed by atoms with van der Waals surface area (Å²) in [6.07, 6.45) is 1.63. The summed E-state index contributed by atoms with van der Waals surface area (Å²) in [7, 11) is -2.15. The van der Waals surface area contributed by atoms with Crippen LogP contribution in [-0.4, -0.2) is 25.4 Å². The molecule has 2 N–H and O–H groups in total. The lowest BCUT2D eigenvalue weighted by Gasteiger charge is -2.10. The molecule has 0 radical (unpaired) electrons. The van der Waals surface area contributed by atoms with Crippen molar-refractivity contribution in [3.63, 3.8) is 0 Å². The first kappa shape index (κ1) is 21.0. The highest BCUT2D eigenvalue weighted by Gasteiger charge is 2.14. The zero-order valence-corrected chi connectivity index (χ0v) is 18.5. The molecule has 2 heterocycles. The zero-order chi connectivity index (χ0) is 21.8. The van der Waals surface area contributed by atoms with Crippen LogP contribution in [-0.2, 0) is 10.0 Å². The molecule has 0 spiro atoms. The highest BCUT2D eigenvalue weighted by Crippen LogP contribution is 2.38. The van der Waals surface area contributed by atoms with Crippen LogP contribution >= 0.6 is 11.3 Å². The van der Waals surface area contributed by atoms with Crippen LogP contribution < -0.4 is 14.8 Å². The van der Waals surface area contributed by atoms with E-state index in [0.717, 1.165) is 16.3 Å². The molecule has 4 aromatic rings. The van der Waals surface area contributed by atoms with E-state index >= 15 is 0 Å². The number of nitrogens with one attached hydrogen (secondary N) is 2. The van der Waals surface area contributed by atoms with Crippen LogP contribution in [0.2, 0.25) is 0 Å². The molecule has 9 heteroatoms. The van der Waals surface area contributed by atoms with Crippen LogP contribution in [0.5, 0.6) is 10.8 Å². The second-order valence-corrected chi connectivity index (χ2v) is 9.63. The largest absolute Gasteiger partial charge is 0.444 e. The number of aromatic nitrogens is 2. The second-order valence-electron chi connectivity index (χ2n) is 6.57. The van der Waals surface area contributed by atoms with Crippen LogP contribution in [0.15, 0.2) is 77.8 Å². The van der Waals surface area contributed by atoms with Gasteiger partial charge in [-0.15, -0.1) is 0 Å². The van der Waals surface area contributed by atoms with E-state index in [2.05, 4.69) is 20.0 Å². The Morgan fingerprint density at radius 3 is 2.58 bits per heavy atom. The molecular weight excluding hydrogens is 432 g/mol. The van der Waals surface area contributed by atoms with Crippen molar-refractivity contribution in [1.82, 2.24) is 14.7 Å². The highest BCUT2D eigenvalue weighted by atomic mass is 32.2. The molecule has 0 bridgehead atoms. The minimum atomic E-state index is -3.53. The van der Waals surface area contributed by atoms with E-state index in [4.69, 9.17) is 4.74 Å². The normalized spacial score (nSPS) is 11.3. The summed E-state index contributed by atoms with van der Waals surface area (Å²) in [6.45, 7) is 1.94. The number of benzene rings is 2. The fourth-order valence-electron chi connectivity index (χ4n) is 2.91. The summed E-state index contributed by atoms with van der Waals surface area (Å²) in [5, 5.41) is 4.73. The molecule has 0 aliphatic rings. The van der Waals surface area contributed by atoms with Crippen molar-refractivity contribution in [1.29, 1.82) is 0 Å². The Bertz CT molecular complexity index is 1310. The SMILES string of the molecule is CNS(=O)(=O)c1cccc(Nc2cc(Oc3sc(C)nc3-c3ccccc3)ccn2)c1. The standard InChI is InChI=1S/C22H20N4O3S2/c1-15-25-21(16-7-4-3-5-8-16)22(30-15)29-18-11-12-24-20(14-18)26-17-9-6-10-19(13-17)31(27,28)23-2/h3-14,23H,1-2H3,(H,24,26). The third kappa shape index (κ3) is 4.91. The second kappa shape index (κ2) is 8.84. The lowest BCUT2D eigenvalue weighted by Crippen LogP contribution is -2.18. The van der Waals surface area contributed by atoms with Crippen LogP contribution in [0.3, 0.4) is 0 Å². The van der Waals surface area contributed by atoms with E-state index in [1.165, 1.54) is 24.5 Å². The average Bonchev–Trinajstić information content (AvgIpc) is 3.14. The minimum absolute atomic E-state index is 0.167. The summed E-state index contributed by atoms with van der Waals surface area (Å²) in [5.74, 6) is 1.12. The molecule has 7 nitrogen and oxygen atoms in total. The number of nitrogens with zero attached hydrogens (tertiary/aromatic N) is 2. The number of pyridine rings is 1. The maximum absolute atomic E-state index is 12.0. The molecule has 0 amide bonds. The Kier molecular flexibility index (Phi) is 5.99. The van der Waals surface area contributed by atoms with Crippen molar-refractivity contribution in [3.8, 4) is 22.1 Å². The van der Waals surface area contributed by atoms with Gasteiger partial charge in [-0.25, -0.2) is 23.1 Å². The Balaban J connectivity index is 1.58. The third-order valence-corrected chi connectivity index (χ3v) is 6.64. The van der Waals surface area contributed by atoms with Crippen molar-refractivity contribution >= 4 is 32.9 Å². The first-order valence-corrected chi connectivity index (χ1v) is 11.7. The van der Waals surface area contributed by atoms with Gasteiger partial charge >= 0.3 is 0 Å². The van der Waals surface area contributed by atoms with Gasteiger partial charge in [0.25, 0.3) is 0 Å². The van der Waals surface area contributed by atoms with Crippen molar-refractivity contribution in [3.05, 3.63) is 77.9 Å². The summed E-state index contributed by atoms with van der Waals surface area (Å²) in [5.41, 5.74) is 2.37. The monoisotopic (exact) mass is 452 g/mol. The van der Waals surface area contributed by atoms with E-state index in [-0.39, 0.29) is 4.90 Å². The first-order valence-electron chi connectivity index (χ1n) is 9.42. The van der Waals surface area contributed by atoms with Gasteiger partial charge < -0.3 is 10.1 Å². The number of sulfonamides is 1. The molecule has 0 fully saturated rings. The summed E-state index contributed by atoms with van der Waals surface area (Å²) in [4.78, 5) is 9.08. The fraction of sp³-hybridized carbons (Fsp3) is 0.0909. The molecule has 31 heavy (non-hydrogen) atoms. The van der Waals surface area contributed by atoms with Crippen LogP contribution in [0.1, 0.15) is 5.01 Å². The minimum Gasteiger partial charge on any atom is -0.444 e. The number of thiazole rings is 1. The maximum atomic E-state index is 12.0. The molecule has 0 unspecified atom stereocenters. The van der Waals surface area contributed by atoms with Gasteiger partial charge in [-0.2, -0.15) is 0 Å². The number of hydrogen-bond donors (Lipinski definition) is 2. The van der Waals surface area contributed by atoms with Gasteiger partial charge in [0.05, 0.1) is 9.90 Å². The quantitative estimate of drug-likeness (QED) is 0.412. The zero-order valence-electron chi connectivity index (χ0n) is 16.9. The van der Waals surface area contributed by atoms with E-state index in [0.29, 0.717) is 22.3 Å². The van der Waals surface area contributed by atoms with Crippen LogP contribution in [0.4, 0.5) is 11.5 Å². The average molecular weight is 453 g/mol. The maximum Gasteiger partial charge on any atom is 0.240 e. The Morgan fingerprint density at radius 1 is 1.00 bits per heavy atom. The van der Waals surface area contributed by atoms with Gasteiger partial charge in [0.1, 0.15) is 17.3 Å². The third-order valence-electron chi connectivity index (χ3n) is 4.38. The first-order chi connectivity index (χ1) is 14.9. The van der Waals surface area contributed by atoms with Crippen LogP contribution in [0, 0.1) is 6.92 Å². The van der Waals surface area contributed by atoms with Gasteiger partial charge in [-0.05, 0) is 38.2 Å². The Morgan fingerprint density at radius 2 is 1.81 bits per heavy atom. The van der Waals surface area contributed by atoms with Gasteiger partial charge in [0, 0.05) is 23.5 Å². The predicted octanol–water partition coefficient (Wildman–Crippen LogP) is 4.96. The molecule has 2 aromatic heterocycles. The molecule has 4 rings (SSSR count). The Hall–Kier alpha value is -3.27. The molecule has 0 aliphatic carbocycles. The van der Waals surface area contributed by atoms with Gasteiger partial charge in [0.15, 0.2) is 0 Å². The molecule has 158 valence electrons. The van der Waals surface area contributed by atoms with Crippen molar-refractivity contribution in [2.24, 2.45) is 0 Å².